The minimum absolute atomic E-state index is 0.0383. The molecule has 86 valence electrons. The minimum atomic E-state index is -1.20. The average molecular weight is 232 g/mol. The molecular weight excluding hydrogens is 223 g/mol. The molecule has 0 aliphatic heterocycles. The number of carboxylic acids is 1. The van der Waals surface area contributed by atoms with Gasteiger partial charge < -0.3 is 9.52 Å². The average Bonchev–Trinajstić information content (AvgIpc) is 2.79. The van der Waals surface area contributed by atoms with E-state index < -0.39 is 11.8 Å². The molecule has 1 aromatic carbocycles. The Kier molecular flexibility index (Phi) is 3.05. The van der Waals surface area contributed by atoms with Crippen molar-refractivity contribution < 1.29 is 18.7 Å². The van der Waals surface area contributed by atoms with Crippen molar-refractivity contribution in [3.8, 4) is 0 Å². The molecule has 0 saturated carbocycles. The third kappa shape index (κ3) is 2.42. The van der Waals surface area contributed by atoms with Crippen molar-refractivity contribution in [2.75, 3.05) is 0 Å². The second-order valence-corrected chi connectivity index (χ2v) is 3.36. The van der Waals surface area contributed by atoms with Gasteiger partial charge in [0, 0.05) is 5.56 Å². The van der Waals surface area contributed by atoms with E-state index in [0.29, 0.717) is 5.76 Å². The highest BCUT2D eigenvalue weighted by Gasteiger charge is 2.14. The first-order valence-electron chi connectivity index (χ1n) is 4.92. The smallest absolute Gasteiger partial charge is 0.336 e. The molecule has 0 spiro atoms. The fraction of sp³-hybridized carbons (Fsp3) is 0. The van der Waals surface area contributed by atoms with Gasteiger partial charge in [-0.25, -0.2) is 9.18 Å². The molecule has 0 unspecified atom stereocenters. The van der Waals surface area contributed by atoms with Crippen molar-refractivity contribution in [2.45, 2.75) is 0 Å². The van der Waals surface area contributed by atoms with E-state index in [0.717, 1.165) is 0 Å². The third-order valence-electron chi connectivity index (χ3n) is 2.22. The summed E-state index contributed by atoms with van der Waals surface area (Å²) in [5, 5.41) is 9.07. The van der Waals surface area contributed by atoms with Gasteiger partial charge in [0.2, 0.25) is 0 Å². The lowest BCUT2D eigenvalue weighted by molar-refractivity contribution is -0.130. The number of benzene rings is 1. The van der Waals surface area contributed by atoms with E-state index in [9.17, 15) is 9.18 Å². The quantitative estimate of drug-likeness (QED) is 0.827. The molecule has 0 saturated heterocycles. The number of halogens is 1. The van der Waals surface area contributed by atoms with Crippen LogP contribution in [0.2, 0.25) is 0 Å². The highest BCUT2D eigenvalue weighted by Crippen LogP contribution is 2.21. The van der Waals surface area contributed by atoms with Crippen LogP contribution in [0.25, 0.3) is 11.6 Å². The predicted octanol–water partition coefficient (Wildman–Crippen LogP) is 3.04. The van der Waals surface area contributed by atoms with E-state index in [-0.39, 0.29) is 11.1 Å². The third-order valence-corrected chi connectivity index (χ3v) is 2.22. The molecule has 1 heterocycles. The lowest BCUT2D eigenvalue weighted by Gasteiger charge is -2.03. The molecule has 2 rings (SSSR count). The Balaban J connectivity index is 2.51. The van der Waals surface area contributed by atoms with E-state index in [1.54, 1.807) is 18.2 Å². The summed E-state index contributed by atoms with van der Waals surface area (Å²) in [6, 6.07) is 8.95. The molecule has 0 radical (unpaired) electrons. The van der Waals surface area contributed by atoms with E-state index in [1.165, 1.54) is 30.5 Å². The summed E-state index contributed by atoms with van der Waals surface area (Å²) in [6.45, 7) is 0. The highest BCUT2D eigenvalue weighted by molar-refractivity contribution is 6.20. The van der Waals surface area contributed by atoms with Gasteiger partial charge in [0.05, 0.1) is 11.8 Å². The Hall–Kier alpha value is -2.36. The second kappa shape index (κ2) is 4.65. The lowest BCUT2D eigenvalue weighted by Crippen LogP contribution is -2.01. The summed E-state index contributed by atoms with van der Waals surface area (Å²) in [6.07, 6.45) is 2.72. The van der Waals surface area contributed by atoms with Gasteiger partial charge in [-0.1, -0.05) is 18.2 Å². The maximum absolute atomic E-state index is 13.5. The summed E-state index contributed by atoms with van der Waals surface area (Å²) in [7, 11) is 0. The van der Waals surface area contributed by atoms with Crippen molar-refractivity contribution in [2.24, 2.45) is 0 Å². The SMILES string of the molecule is O=C(O)/C(=C/c1ccco1)c1ccccc1F. The number of hydrogen-bond donors (Lipinski definition) is 1. The van der Waals surface area contributed by atoms with Crippen molar-refractivity contribution in [3.05, 3.63) is 59.8 Å². The van der Waals surface area contributed by atoms with Gasteiger partial charge >= 0.3 is 5.97 Å². The number of carbonyl (C=O) groups is 1. The van der Waals surface area contributed by atoms with E-state index in [2.05, 4.69) is 0 Å². The van der Waals surface area contributed by atoms with Crippen LogP contribution in [-0.2, 0) is 4.79 Å². The number of hydrogen-bond acceptors (Lipinski definition) is 2. The van der Waals surface area contributed by atoms with Gasteiger partial charge in [-0.05, 0) is 24.3 Å². The van der Waals surface area contributed by atoms with Crippen molar-refractivity contribution >= 4 is 17.6 Å². The number of carboxylic acid groups (broad SMARTS) is 1. The number of furan rings is 1. The number of rotatable bonds is 3. The van der Waals surface area contributed by atoms with Gasteiger partial charge in [-0.2, -0.15) is 0 Å². The second-order valence-electron chi connectivity index (χ2n) is 3.36. The fourth-order valence-electron chi connectivity index (χ4n) is 1.45. The lowest BCUT2D eigenvalue weighted by atomic mass is 10.0. The van der Waals surface area contributed by atoms with Crippen LogP contribution in [-0.4, -0.2) is 11.1 Å². The first-order chi connectivity index (χ1) is 8.18. The van der Waals surface area contributed by atoms with Gasteiger partial charge in [-0.15, -0.1) is 0 Å². The molecule has 0 atom stereocenters. The van der Waals surface area contributed by atoms with Crippen LogP contribution in [0.3, 0.4) is 0 Å². The number of aliphatic carboxylic acids is 1. The first kappa shape index (κ1) is 11.1. The van der Waals surface area contributed by atoms with Crippen molar-refractivity contribution in [1.29, 1.82) is 0 Å². The minimum Gasteiger partial charge on any atom is -0.478 e. The molecule has 4 heteroatoms. The molecule has 2 aromatic rings. The molecule has 1 aromatic heterocycles. The highest BCUT2D eigenvalue weighted by atomic mass is 19.1. The zero-order valence-electron chi connectivity index (χ0n) is 8.76. The Morgan fingerprint density at radius 3 is 2.59 bits per heavy atom. The van der Waals surface area contributed by atoms with E-state index in [4.69, 9.17) is 9.52 Å². The van der Waals surface area contributed by atoms with Crippen LogP contribution in [0, 0.1) is 5.82 Å². The van der Waals surface area contributed by atoms with Gasteiger partial charge in [0.15, 0.2) is 0 Å². The fourth-order valence-corrected chi connectivity index (χ4v) is 1.45. The maximum Gasteiger partial charge on any atom is 0.336 e. The topological polar surface area (TPSA) is 50.4 Å². The summed E-state index contributed by atoms with van der Waals surface area (Å²) in [5.41, 5.74) is -0.102. The van der Waals surface area contributed by atoms with Gasteiger partial charge in [0.25, 0.3) is 0 Å². The van der Waals surface area contributed by atoms with Crippen molar-refractivity contribution in [3.63, 3.8) is 0 Å². The Morgan fingerprint density at radius 1 is 1.24 bits per heavy atom. The van der Waals surface area contributed by atoms with Crippen molar-refractivity contribution in [1.82, 2.24) is 0 Å². The largest absolute Gasteiger partial charge is 0.478 e. The maximum atomic E-state index is 13.5. The predicted molar refractivity (Wildman–Crippen MR) is 60.6 cm³/mol. The molecule has 17 heavy (non-hydrogen) atoms. The van der Waals surface area contributed by atoms with Crippen LogP contribution < -0.4 is 0 Å². The summed E-state index contributed by atoms with van der Waals surface area (Å²) in [5.74, 6) is -1.41. The van der Waals surface area contributed by atoms with Gasteiger partial charge in [0.1, 0.15) is 11.6 Å². The zero-order valence-corrected chi connectivity index (χ0v) is 8.76. The molecule has 0 bridgehead atoms. The Morgan fingerprint density at radius 2 is 2.00 bits per heavy atom. The van der Waals surface area contributed by atoms with Crippen LogP contribution in [0.1, 0.15) is 11.3 Å². The Bertz CT molecular complexity index is 556. The Labute approximate surface area is 96.8 Å². The molecule has 0 aliphatic carbocycles. The molecule has 3 nitrogen and oxygen atoms in total. The van der Waals surface area contributed by atoms with E-state index in [1.807, 2.05) is 0 Å². The monoisotopic (exact) mass is 232 g/mol. The standard InChI is InChI=1S/C13H9FO3/c14-12-6-2-1-5-10(12)11(13(15)16)8-9-4-3-7-17-9/h1-8H,(H,15,16)/b11-8+. The summed E-state index contributed by atoms with van der Waals surface area (Å²) >= 11 is 0. The molecule has 0 aliphatic rings. The van der Waals surface area contributed by atoms with Crippen LogP contribution in [0.15, 0.2) is 47.1 Å². The normalized spacial score (nSPS) is 11.5. The van der Waals surface area contributed by atoms with Crippen LogP contribution in [0.4, 0.5) is 4.39 Å². The molecule has 0 amide bonds. The first-order valence-corrected chi connectivity index (χ1v) is 4.92. The summed E-state index contributed by atoms with van der Waals surface area (Å²) in [4.78, 5) is 11.1. The van der Waals surface area contributed by atoms with Crippen LogP contribution >= 0.6 is 0 Å². The van der Waals surface area contributed by atoms with E-state index >= 15 is 0 Å². The summed E-state index contributed by atoms with van der Waals surface area (Å²) < 4.78 is 18.5. The molecule has 1 N–H and O–H groups in total. The van der Waals surface area contributed by atoms with Gasteiger partial charge in [-0.3, -0.25) is 0 Å². The van der Waals surface area contributed by atoms with Crippen LogP contribution in [0.5, 0.6) is 0 Å². The molecule has 0 fully saturated rings. The zero-order chi connectivity index (χ0) is 12.3. The molecular formula is C13H9FO3.